The molecular weight excluding hydrogens is 356 g/mol. The second kappa shape index (κ2) is 8.27. The quantitative estimate of drug-likeness (QED) is 0.795. The van der Waals surface area contributed by atoms with E-state index in [2.05, 4.69) is 5.32 Å². The number of hydrogen-bond acceptors (Lipinski definition) is 5. The number of carbonyl (C=O) groups excluding carboxylic acids is 2. The lowest BCUT2D eigenvalue weighted by Gasteiger charge is -2.32. The third-order valence-corrected chi connectivity index (χ3v) is 5.69. The molecule has 1 saturated carbocycles. The van der Waals surface area contributed by atoms with E-state index in [1.807, 2.05) is 4.90 Å². The van der Waals surface area contributed by atoms with Gasteiger partial charge >= 0.3 is 5.97 Å². The zero-order chi connectivity index (χ0) is 18.7. The summed E-state index contributed by atoms with van der Waals surface area (Å²) >= 11 is 6.02. The Morgan fingerprint density at radius 1 is 1.27 bits per heavy atom. The van der Waals surface area contributed by atoms with E-state index in [-0.39, 0.29) is 30.5 Å². The molecule has 6 nitrogen and oxygen atoms in total. The molecule has 26 heavy (non-hydrogen) atoms. The molecular formula is C19H25ClN2O4. The number of halogens is 1. The molecule has 2 aliphatic rings. The van der Waals surface area contributed by atoms with Crippen LogP contribution in [0.4, 0.5) is 5.69 Å². The van der Waals surface area contributed by atoms with Crippen LogP contribution in [0.2, 0.25) is 5.02 Å². The number of rotatable bonds is 5. The first-order valence-electron chi connectivity index (χ1n) is 9.00. The molecule has 1 aliphatic heterocycles. The molecule has 1 aromatic carbocycles. The number of nitrogens with one attached hydrogen (secondary N) is 1. The molecule has 0 spiro atoms. The minimum absolute atomic E-state index is 0.149. The van der Waals surface area contributed by atoms with E-state index >= 15 is 0 Å². The topological polar surface area (TPSA) is 67.9 Å². The van der Waals surface area contributed by atoms with E-state index in [1.54, 1.807) is 25.3 Å². The Labute approximate surface area is 158 Å². The van der Waals surface area contributed by atoms with E-state index in [0.29, 0.717) is 22.4 Å². The summed E-state index contributed by atoms with van der Waals surface area (Å²) in [7, 11) is 2.94. The molecule has 1 heterocycles. The Morgan fingerprint density at radius 2 is 2.04 bits per heavy atom. The van der Waals surface area contributed by atoms with Gasteiger partial charge in [0.1, 0.15) is 11.8 Å². The summed E-state index contributed by atoms with van der Waals surface area (Å²) in [6.07, 6.45) is 5.22. The van der Waals surface area contributed by atoms with Gasteiger partial charge in [-0.2, -0.15) is 0 Å². The first kappa shape index (κ1) is 19.0. The molecule has 1 aromatic rings. The fraction of sp³-hybridized carbons (Fsp3) is 0.579. The summed E-state index contributed by atoms with van der Waals surface area (Å²) in [5, 5.41) is 3.38. The fourth-order valence-corrected chi connectivity index (χ4v) is 4.45. The van der Waals surface area contributed by atoms with Gasteiger partial charge in [-0.25, -0.2) is 0 Å². The number of esters is 1. The number of fused-ring (bicyclic) bond motifs is 1. The van der Waals surface area contributed by atoms with Crippen LogP contribution in [-0.4, -0.2) is 49.6 Å². The smallest absolute Gasteiger partial charge is 0.323 e. The van der Waals surface area contributed by atoms with Crippen molar-refractivity contribution in [2.75, 3.05) is 26.1 Å². The predicted molar refractivity (Wildman–Crippen MR) is 99.5 cm³/mol. The minimum atomic E-state index is -0.347. The fourth-order valence-electron chi connectivity index (χ4n) is 4.28. The monoisotopic (exact) mass is 380 g/mol. The van der Waals surface area contributed by atoms with Gasteiger partial charge < -0.3 is 14.8 Å². The predicted octanol–water partition coefficient (Wildman–Crippen LogP) is 3.09. The lowest BCUT2D eigenvalue weighted by atomic mass is 9.85. The lowest BCUT2D eigenvalue weighted by Crippen LogP contribution is -2.46. The number of nitrogens with zero attached hydrogens (tertiary/aromatic N) is 1. The Kier molecular flexibility index (Phi) is 6.04. The first-order chi connectivity index (χ1) is 12.5. The average Bonchev–Trinajstić information content (AvgIpc) is 3.00. The maximum absolute atomic E-state index is 12.7. The molecule has 1 saturated heterocycles. The third-order valence-electron chi connectivity index (χ3n) is 5.46. The normalized spacial score (nSPS) is 25.4. The van der Waals surface area contributed by atoms with Gasteiger partial charge in [-0.05, 0) is 43.4 Å². The largest absolute Gasteiger partial charge is 0.495 e. The standard InChI is InChI=1S/C19H25ClN2O4/c1-25-17-8-7-13(20)10-14(17)21-18(23)11-22-15-6-4-3-5-12(15)9-16(22)19(24)26-2/h7-8,10,12,15-16H,3-6,9,11H2,1-2H3,(H,21,23)/t12-,15-,16+/m1/s1. The Bertz CT molecular complexity index is 682. The number of methoxy groups -OCH3 is 2. The van der Waals surface area contributed by atoms with Crippen molar-refractivity contribution < 1.29 is 19.1 Å². The number of amides is 1. The Morgan fingerprint density at radius 3 is 2.77 bits per heavy atom. The summed E-state index contributed by atoms with van der Waals surface area (Å²) < 4.78 is 10.2. The van der Waals surface area contributed by atoms with E-state index in [4.69, 9.17) is 21.1 Å². The summed E-state index contributed by atoms with van der Waals surface area (Å²) in [6, 6.07) is 4.99. The number of anilines is 1. The Hall–Kier alpha value is -1.79. The summed E-state index contributed by atoms with van der Waals surface area (Å²) in [4.78, 5) is 26.9. The van der Waals surface area contributed by atoms with Crippen LogP contribution >= 0.6 is 11.6 Å². The highest BCUT2D eigenvalue weighted by molar-refractivity contribution is 6.31. The van der Waals surface area contributed by atoms with Crippen LogP contribution in [0.25, 0.3) is 0 Å². The van der Waals surface area contributed by atoms with Crippen molar-refractivity contribution in [3.63, 3.8) is 0 Å². The van der Waals surface area contributed by atoms with Gasteiger partial charge in [0.05, 0.1) is 26.5 Å². The first-order valence-corrected chi connectivity index (χ1v) is 9.38. The van der Waals surface area contributed by atoms with Crippen molar-refractivity contribution >= 4 is 29.2 Å². The van der Waals surface area contributed by atoms with E-state index < -0.39 is 0 Å². The lowest BCUT2D eigenvalue weighted by molar-refractivity contribution is -0.146. The molecule has 0 bridgehead atoms. The molecule has 0 radical (unpaired) electrons. The van der Waals surface area contributed by atoms with Gasteiger partial charge in [-0.1, -0.05) is 24.4 Å². The second-order valence-corrected chi connectivity index (χ2v) is 7.39. The van der Waals surface area contributed by atoms with Crippen LogP contribution in [0, 0.1) is 5.92 Å². The van der Waals surface area contributed by atoms with Gasteiger partial charge in [0.25, 0.3) is 0 Å². The number of ether oxygens (including phenoxy) is 2. The van der Waals surface area contributed by atoms with Crippen molar-refractivity contribution in [3.05, 3.63) is 23.2 Å². The van der Waals surface area contributed by atoms with Crippen LogP contribution in [-0.2, 0) is 14.3 Å². The SMILES string of the molecule is COC(=O)[C@@H]1C[C@H]2CCCC[C@H]2N1CC(=O)Nc1cc(Cl)ccc1OC. The van der Waals surface area contributed by atoms with Crippen LogP contribution in [0.5, 0.6) is 5.75 Å². The van der Waals surface area contributed by atoms with Crippen molar-refractivity contribution in [2.24, 2.45) is 5.92 Å². The molecule has 7 heteroatoms. The van der Waals surface area contributed by atoms with Crippen molar-refractivity contribution in [1.29, 1.82) is 0 Å². The molecule has 2 fully saturated rings. The second-order valence-electron chi connectivity index (χ2n) is 6.95. The zero-order valence-electron chi connectivity index (χ0n) is 15.2. The number of carbonyl (C=O) groups is 2. The average molecular weight is 381 g/mol. The minimum Gasteiger partial charge on any atom is -0.495 e. The molecule has 1 aliphatic carbocycles. The molecule has 0 aromatic heterocycles. The zero-order valence-corrected chi connectivity index (χ0v) is 15.9. The summed E-state index contributed by atoms with van der Waals surface area (Å²) in [5.41, 5.74) is 0.527. The van der Waals surface area contributed by atoms with Gasteiger partial charge in [-0.15, -0.1) is 0 Å². The number of benzene rings is 1. The Balaban J connectivity index is 1.73. The van der Waals surface area contributed by atoms with Gasteiger partial charge in [-0.3, -0.25) is 14.5 Å². The highest BCUT2D eigenvalue weighted by Crippen LogP contribution is 2.40. The van der Waals surface area contributed by atoms with Gasteiger partial charge in [0.15, 0.2) is 0 Å². The van der Waals surface area contributed by atoms with Crippen LogP contribution in [0.15, 0.2) is 18.2 Å². The van der Waals surface area contributed by atoms with Crippen LogP contribution in [0.3, 0.4) is 0 Å². The molecule has 3 atom stereocenters. The van der Waals surface area contributed by atoms with Crippen LogP contribution < -0.4 is 10.1 Å². The van der Waals surface area contributed by atoms with E-state index in [9.17, 15) is 9.59 Å². The molecule has 3 rings (SSSR count). The van der Waals surface area contributed by atoms with Gasteiger partial charge in [0, 0.05) is 11.1 Å². The van der Waals surface area contributed by atoms with Crippen LogP contribution in [0.1, 0.15) is 32.1 Å². The third kappa shape index (κ3) is 3.96. The van der Waals surface area contributed by atoms with Crippen molar-refractivity contribution in [1.82, 2.24) is 4.90 Å². The molecule has 0 unspecified atom stereocenters. The van der Waals surface area contributed by atoms with Crippen molar-refractivity contribution in [2.45, 2.75) is 44.2 Å². The summed E-state index contributed by atoms with van der Waals surface area (Å²) in [6.45, 7) is 0.149. The van der Waals surface area contributed by atoms with E-state index in [1.165, 1.54) is 13.5 Å². The molecule has 1 amide bonds. The molecule has 142 valence electrons. The number of hydrogen-bond donors (Lipinski definition) is 1. The van der Waals surface area contributed by atoms with Crippen molar-refractivity contribution in [3.8, 4) is 5.75 Å². The maximum Gasteiger partial charge on any atom is 0.323 e. The highest BCUT2D eigenvalue weighted by Gasteiger charge is 2.46. The number of likely N-dealkylation sites (tertiary alicyclic amines) is 1. The molecule has 1 N–H and O–H groups in total. The summed E-state index contributed by atoms with van der Waals surface area (Å²) in [5.74, 6) is 0.559. The van der Waals surface area contributed by atoms with Gasteiger partial charge in [0.2, 0.25) is 5.91 Å². The maximum atomic E-state index is 12.7. The van der Waals surface area contributed by atoms with E-state index in [0.717, 1.165) is 25.7 Å². The highest BCUT2D eigenvalue weighted by atomic mass is 35.5.